The summed E-state index contributed by atoms with van der Waals surface area (Å²) in [6, 6.07) is 18.8. The third kappa shape index (κ3) is 6.80. The quantitative estimate of drug-likeness (QED) is 0.149. The van der Waals surface area contributed by atoms with Gasteiger partial charge in [-0.1, -0.05) is 39.7 Å². The fourth-order valence-electron chi connectivity index (χ4n) is 2.56. The van der Waals surface area contributed by atoms with Gasteiger partial charge in [0.15, 0.2) is 0 Å². The number of nitrogens with zero attached hydrogens (tertiary/aromatic N) is 1. The molecule has 0 saturated carbocycles. The lowest BCUT2D eigenvalue weighted by Crippen LogP contribution is -2.17. The van der Waals surface area contributed by atoms with Gasteiger partial charge in [0.2, 0.25) is 0 Å². The number of ether oxygens (including phenoxy) is 2. The van der Waals surface area contributed by atoms with E-state index in [9.17, 15) is 9.59 Å². The molecule has 3 aromatic rings. The van der Waals surface area contributed by atoms with Gasteiger partial charge >= 0.3 is 5.97 Å². The Hall–Kier alpha value is -3.42. The molecule has 0 unspecified atom stereocenters. The number of hydrogen-bond donors (Lipinski definition) is 1. The zero-order chi connectivity index (χ0) is 22.9. The molecule has 6 nitrogen and oxygen atoms in total. The van der Waals surface area contributed by atoms with E-state index in [2.05, 4.69) is 26.5 Å². The average molecular weight is 514 g/mol. The smallest absolute Gasteiger partial charge is 0.336 e. The number of hydrogen-bond acceptors (Lipinski definition) is 5. The second kappa shape index (κ2) is 11.3. The van der Waals surface area contributed by atoms with E-state index in [0.717, 1.165) is 15.8 Å². The average Bonchev–Trinajstić information content (AvgIpc) is 2.80. The number of methoxy groups -OCH3 is 1. The predicted molar refractivity (Wildman–Crippen MR) is 128 cm³/mol. The highest BCUT2D eigenvalue weighted by Crippen LogP contribution is 2.22. The maximum atomic E-state index is 12.3. The number of hydrazone groups is 1. The number of carbonyl (C=O) groups is 2. The predicted octanol–water partition coefficient (Wildman–Crippen LogP) is 5.49. The first kappa shape index (κ1) is 23.2. The van der Waals surface area contributed by atoms with Crippen molar-refractivity contribution in [2.24, 2.45) is 5.10 Å². The molecule has 0 aromatic heterocycles. The molecular weight excluding hydrogens is 496 g/mol. The Bertz CT molecular complexity index is 1160. The van der Waals surface area contributed by atoms with E-state index in [4.69, 9.17) is 21.1 Å². The van der Waals surface area contributed by atoms with Crippen molar-refractivity contribution in [3.8, 4) is 11.5 Å². The minimum Gasteiger partial charge on any atom is -0.497 e. The van der Waals surface area contributed by atoms with Crippen LogP contribution >= 0.6 is 27.5 Å². The topological polar surface area (TPSA) is 77.0 Å². The van der Waals surface area contributed by atoms with Crippen LogP contribution in [0.25, 0.3) is 6.08 Å². The number of rotatable bonds is 7. The van der Waals surface area contributed by atoms with Gasteiger partial charge in [-0.05, 0) is 66.2 Å². The number of halogens is 2. The molecular formula is C24H18BrClN2O4. The van der Waals surface area contributed by atoms with Crippen LogP contribution in [0.4, 0.5) is 0 Å². The van der Waals surface area contributed by atoms with Crippen LogP contribution in [0, 0.1) is 0 Å². The van der Waals surface area contributed by atoms with Crippen LogP contribution in [0.3, 0.4) is 0 Å². The minimum atomic E-state index is -0.573. The Labute approximate surface area is 198 Å². The largest absolute Gasteiger partial charge is 0.497 e. The summed E-state index contributed by atoms with van der Waals surface area (Å²) < 4.78 is 11.4. The van der Waals surface area contributed by atoms with Gasteiger partial charge in [-0.25, -0.2) is 10.2 Å². The van der Waals surface area contributed by atoms with Crippen molar-refractivity contribution in [3.05, 3.63) is 99.0 Å². The van der Waals surface area contributed by atoms with E-state index < -0.39 is 5.97 Å². The normalized spacial score (nSPS) is 11.0. The van der Waals surface area contributed by atoms with Crippen molar-refractivity contribution >= 4 is 51.7 Å². The molecule has 162 valence electrons. The second-order valence-corrected chi connectivity index (χ2v) is 7.77. The summed E-state index contributed by atoms with van der Waals surface area (Å²) in [5, 5.41) is 4.37. The first-order valence-corrected chi connectivity index (χ1v) is 10.5. The van der Waals surface area contributed by atoms with Crippen LogP contribution in [-0.4, -0.2) is 25.2 Å². The zero-order valence-corrected chi connectivity index (χ0v) is 19.3. The molecule has 32 heavy (non-hydrogen) atoms. The van der Waals surface area contributed by atoms with Crippen molar-refractivity contribution in [2.75, 3.05) is 7.11 Å². The fourth-order valence-corrected chi connectivity index (χ4v) is 3.01. The van der Waals surface area contributed by atoms with Crippen molar-refractivity contribution in [1.29, 1.82) is 0 Å². The fraction of sp³-hybridized carbons (Fsp3) is 0.0417. The van der Waals surface area contributed by atoms with E-state index in [1.165, 1.54) is 12.3 Å². The molecule has 8 heteroatoms. The van der Waals surface area contributed by atoms with Gasteiger partial charge in [-0.15, -0.1) is 0 Å². The Morgan fingerprint density at radius 3 is 2.44 bits per heavy atom. The molecule has 0 saturated heterocycles. The number of nitrogens with one attached hydrogen (secondary N) is 1. The third-order valence-corrected chi connectivity index (χ3v) is 4.95. The molecule has 1 N–H and O–H groups in total. The van der Waals surface area contributed by atoms with E-state index in [1.54, 1.807) is 67.8 Å². The Morgan fingerprint density at radius 2 is 1.75 bits per heavy atom. The first-order valence-electron chi connectivity index (χ1n) is 9.37. The highest BCUT2D eigenvalue weighted by molar-refractivity contribution is 9.10. The lowest BCUT2D eigenvalue weighted by molar-refractivity contribution is -0.128. The van der Waals surface area contributed by atoms with Gasteiger partial charge < -0.3 is 9.47 Å². The van der Waals surface area contributed by atoms with Crippen molar-refractivity contribution in [3.63, 3.8) is 0 Å². The van der Waals surface area contributed by atoms with Crippen molar-refractivity contribution < 1.29 is 19.1 Å². The molecule has 3 aromatic carbocycles. The summed E-state index contributed by atoms with van der Waals surface area (Å²) in [4.78, 5) is 24.4. The van der Waals surface area contributed by atoms with Crippen LogP contribution in [0.1, 0.15) is 21.5 Å². The number of amides is 1. The summed E-state index contributed by atoms with van der Waals surface area (Å²) in [6.45, 7) is 0. The molecule has 0 aliphatic rings. The summed E-state index contributed by atoms with van der Waals surface area (Å²) in [5.74, 6) is 0.0240. The highest BCUT2D eigenvalue weighted by Gasteiger charge is 2.08. The van der Waals surface area contributed by atoms with Gasteiger partial charge in [0.25, 0.3) is 5.91 Å². The van der Waals surface area contributed by atoms with Gasteiger partial charge in [0.1, 0.15) is 11.5 Å². The minimum absolute atomic E-state index is 0.250. The highest BCUT2D eigenvalue weighted by atomic mass is 79.9. The second-order valence-electron chi connectivity index (χ2n) is 6.42. The molecule has 0 fully saturated rings. The molecule has 0 aliphatic heterocycles. The number of carbonyl (C=O) groups excluding carboxylic acids is 2. The van der Waals surface area contributed by atoms with Gasteiger partial charge in [0.05, 0.1) is 13.3 Å². The third-order valence-electron chi connectivity index (χ3n) is 4.19. The summed E-state index contributed by atoms with van der Waals surface area (Å²) in [7, 11) is 1.58. The van der Waals surface area contributed by atoms with E-state index >= 15 is 0 Å². The Balaban J connectivity index is 1.66. The number of esters is 1. The Kier molecular flexibility index (Phi) is 8.19. The maximum absolute atomic E-state index is 12.3. The number of benzene rings is 3. The first-order chi connectivity index (χ1) is 15.4. The van der Waals surface area contributed by atoms with Crippen molar-refractivity contribution in [2.45, 2.75) is 0 Å². The van der Waals surface area contributed by atoms with Gasteiger partial charge in [0, 0.05) is 26.7 Å². The van der Waals surface area contributed by atoms with Crippen LogP contribution in [0.2, 0.25) is 5.02 Å². The van der Waals surface area contributed by atoms with Crippen molar-refractivity contribution in [1.82, 2.24) is 5.43 Å². The summed E-state index contributed by atoms with van der Waals surface area (Å²) >= 11 is 9.37. The van der Waals surface area contributed by atoms with Crippen LogP contribution in [-0.2, 0) is 4.79 Å². The van der Waals surface area contributed by atoms with Crippen LogP contribution in [0.5, 0.6) is 11.5 Å². The SMILES string of the molecule is COc1ccc(/C=C/C(=O)Oc2ccc(Cl)cc2/C=N/NC(=O)c2ccc(Br)cc2)cc1. The van der Waals surface area contributed by atoms with Crippen LogP contribution < -0.4 is 14.9 Å². The summed E-state index contributed by atoms with van der Waals surface area (Å²) in [5.41, 5.74) is 4.13. The van der Waals surface area contributed by atoms with E-state index in [-0.39, 0.29) is 11.7 Å². The molecule has 0 aliphatic carbocycles. The monoisotopic (exact) mass is 512 g/mol. The zero-order valence-electron chi connectivity index (χ0n) is 16.9. The molecule has 1 amide bonds. The van der Waals surface area contributed by atoms with Gasteiger partial charge in [-0.2, -0.15) is 5.10 Å². The molecule has 0 bridgehead atoms. The molecule has 0 radical (unpaired) electrons. The molecule has 0 spiro atoms. The van der Waals surface area contributed by atoms with E-state index in [1.807, 2.05) is 12.1 Å². The lowest BCUT2D eigenvalue weighted by atomic mass is 10.2. The molecule has 3 rings (SSSR count). The summed E-state index contributed by atoms with van der Waals surface area (Å²) in [6.07, 6.45) is 4.30. The maximum Gasteiger partial charge on any atom is 0.336 e. The standard InChI is InChI=1S/C24H18BrClN2O4/c1-31-21-10-2-16(3-11-21)4-13-23(29)32-22-12-9-20(26)14-18(22)15-27-28-24(30)17-5-7-19(25)8-6-17/h2-15H,1H3,(H,28,30)/b13-4+,27-15+. The van der Waals surface area contributed by atoms with Crippen LogP contribution in [0.15, 0.2) is 82.4 Å². The Morgan fingerprint density at radius 1 is 1.03 bits per heavy atom. The molecule has 0 heterocycles. The van der Waals surface area contributed by atoms with E-state index in [0.29, 0.717) is 16.1 Å². The van der Waals surface area contributed by atoms with Gasteiger partial charge in [-0.3, -0.25) is 4.79 Å². The molecule has 0 atom stereocenters. The lowest BCUT2D eigenvalue weighted by Gasteiger charge is -2.06.